The van der Waals surface area contributed by atoms with E-state index in [4.69, 9.17) is 4.74 Å². The fourth-order valence-corrected chi connectivity index (χ4v) is 2.95. The molecule has 0 radical (unpaired) electrons. The minimum absolute atomic E-state index is 0.0102. The molecule has 98 valence electrons. The lowest BCUT2D eigenvalue weighted by Gasteiger charge is -2.45. The molecule has 2 rings (SSSR count). The third kappa shape index (κ3) is 2.49. The summed E-state index contributed by atoms with van der Waals surface area (Å²) in [5.74, 6) is 1.31. The van der Waals surface area contributed by atoms with Gasteiger partial charge in [0.05, 0.1) is 0 Å². The van der Waals surface area contributed by atoms with Gasteiger partial charge in [-0.3, -0.25) is 10.1 Å². The van der Waals surface area contributed by atoms with Gasteiger partial charge in [-0.2, -0.15) is 0 Å². The molecule has 1 aliphatic carbocycles. The Morgan fingerprint density at radius 3 is 2.71 bits per heavy atom. The van der Waals surface area contributed by atoms with Crippen LogP contribution in [0, 0.1) is 11.8 Å². The lowest BCUT2D eigenvalue weighted by molar-refractivity contribution is -0.162. The van der Waals surface area contributed by atoms with Crippen molar-refractivity contribution in [2.45, 2.75) is 64.5 Å². The van der Waals surface area contributed by atoms with Crippen molar-refractivity contribution >= 4 is 5.97 Å². The first-order chi connectivity index (χ1) is 8.07. The van der Waals surface area contributed by atoms with Gasteiger partial charge in [-0.25, -0.2) is 0 Å². The van der Waals surface area contributed by atoms with Crippen LogP contribution in [0.15, 0.2) is 0 Å². The molecule has 1 aliphatic heterocycles. The summed E-state index contributed by atoms with van der Waals surface area (Å²) in [5, 5.41) is 3.62. The number of esters is 1. The van der Waals surface area contributed by atoms with Gasteiger partial charge in [-0.15, -0.1) is 0 Å². The summed E-state index contributed by atoms with van der Waals surface area (Å²) in [7, 11) is 0. The molecule has 0 aromatic rings. The number of rotatable bonds is 2. The number of hydrogen-bond donors (Lipinski definition) is 1. The van der Waals surface area contributed by atoms with Gasteiger partial charge in [0.25, 0.3) is 0 Å². The Labute approximate surface area is 104 Å². The first kappa shape index (κ1) is 12.9. The SMILES string of the molecule is CCC(C)[C@H]1COC(=O)C2(CCC(C)CC2)N1. The number of carbonyl (C=O) groups excluding carboxylic acids is 1. The van der Waals surface area contributed by atoms with E-state index in [2.05, 4.69) is 26.1 Å². The van der Waals surface area contributed by atoms with Gasteiger partial charge in [0, 0.05) is 6.04 Å². The predicted molar refractivity (Wildman–Crippen MR) is 67.7 cm³/mol. The van der Waals surface area contributed by atoms with Gasteiger partial charge in [0.2, 0.25) is 0 Å². The maximum atomic E-state index is 12.0. The summed E-state index contributed by atoms with van der Waals surface area (Å²) in [6.07, 6.45) is 5.28. The van der Waals surface area contributed by atoms with Crippen LogP contribution in [0.25, 0.3) is 0 Å². The Morgan fingerprint density at radius 1 is 1.47 bits per heavy atom. The highest BCUT2D eigenvalue weighted by Gasteiger charge is 2.47. The molecule has 1 heterocycles. The number of morpholine rings is 1. The highest BCUT2D eigenvalue weighted by Crippen LogP contribution is 2.35. The number of nitrogens with one attached hydrogen (secondary N) is 1. The van der Waals surface area contributed by atoms with Crippen molar-refractivity contribution < 1.29 is 9.53 Å². The standard InChI is InChI=1S/C14H25NO2/c1-4-11(3)12-9-17-13(16)14(15-12)7-5-10(2)6-8-14/h10-12,15H,4-9H2,1-3H3/t10?,11?,12-,14?/m1/s1. The zero-order valence-corrected chi connectivity index (χ0v) is 11.3. The Bertz CT molecular complexity index is 282. The lowest BCUT2D eigenvalue weighted by atomic mass is 9.75. The number of cyclic esters (lactones) is 1. The van der Waals surface area contributed by atoms with Crippen LogP contribution < -0.4 is 5.32 Å². The first-order valence-electron chi connectivity index (χ1n) is 7.02. The summed E-state index contributed by atoms with van der Waals surface area (Å²) in [5.41, 5.74) is -0.362. The third-order valence-electron chi connectivity index (χ3n) is 4.71. The Balaban J connectivity index is 2.06. The molecule has 0 aromatic heterocycles. The van der Waals surface area contributed by atoms with E-state index in [9.17, 15) is 4.79 Å². The Morgan fingerprint density at radius 2 is 2.12 bits per heavy atom. The minimum atomic E-state index is -0.362. The van der Waals surface area contributed by atoms with Crippen LogP contribution in [0.1, 0.15) is 52.9 Å². The number of ether oxygens (including phenoxy) is 1. The molecule has 0 aromatic carbocycles. The van der Waals surface area contributed by atoms with Crippen LogP contribution in [0.5, 0.6) is 0 Å². The van der Waals surface area contributed by atoms with Crippen molar-refractivity contribution in [3.63, 3.8) is 0 Å². The highest BCUT2D eigenvalue weighted by atomic mass is 16.5. The molecule has 17 heavy (non-hydrogen) atoms. The summed E-state index contributed by atoms with van der Waals surface area (Å²) in [6.45, 7) is 7.24. The average Bonchev–Trinajstić information content (AvgIpc) is 2.35. The fourth-order valence-electron chi connectivity index (χ4n) is 2.95. The summed E-state index contributed by atoms with van der Waals surface area (Å²) in [4.78, 5) is 12.0. The van der Waals surface area contributed by atoms with Crippen LogP contribution >= 0.6 is 0 Å². The van der Waals surface area contributed by atoms with Crippen LogP contribution in [-0.2, 0) is 9.53 Å². The van der Waals surface area contributed by atoms with Crippen molar-refractivity contribution in [2.75, 3.05) is 6.61 Å². The molecule has 1 saturated carbocycles. The second-order valence-electron chi connectivity index (χ2n) is 6.00. The lowest BCUT2D eigenvalue weighted by Crippen LogP contribution is -2.64. The second kappa shape index (κ2) is 4.97. The van der Waals surface area contributed by atoms with Crippen LogP contribution in [0.2, 0.25) is 0 Å². The third-order valence-corrected chi connectivity index (χ3v) is 4.71. The fraction of sp³-hybridized carbons (Fsp3) is 0.929. The number of hydrogen-bond acceptors (Lipinski definition) is 3. The molecular weight excluding hydrogens is 214 g/mol. The molecule has 2 aliphatic rings. The molecule has 1 unspecified atom stereocenters. The average molecular weight is 239 g/mol. The van der Waals surface area contributed by atoms with Crippen LogP contribution in [0.4, 0.5) is 0 Å². The van der Waals surface area contributed by atoms with Gasteiger partial charge in [0.15, 0.2) is 0 Å². The van der Waals surface area contributed by atoms with Crippen molar-refractivity contribution in [3.8, 4) is 0 Å². The molecular formula is C14H25NO2. The van der Waals surface area contributed by atoms with Crippen molar-refractivity contribution in [1.29, 1.82) is 0 Å². The number of carbonyl (C=O) groups is 1. The normalized spacial score (nSPS) is 40.1. The van der Waals surface area contributed by atoms with Gasteiger partial charge < -0.3 is 4.74 Å². The van der Waals surface area contributed by atoms with E-state index in [1.165, 1.54) is 0 Å². The van der Waals surface area contributed by atoms with Crippen LogP contribution in [0.3, 0.4) is 0 Å². The van der Waals surface area contributed by atoms with Crippen molar-refractivity contribution in [3.05, 3.63) is 0 Å². The Kier molecular flexibility index (Phi) is 3.76. The maximum absolute atomic E-state index is 12.0. The van der Waals surface area contributed by atoms with Gasteiger partial charge in [-0.1, -0.05) is 27.2 Å². The van der Waals surface area contributed by atoms with E-state index in [1.807, 2.05) is 0 Å². The predicted octanol–water partition coefficient (Wildman–Crippen LogP) is 2.50. The highest BCUT2D eigenvalue weighted by molar-refractivity contribution is 5.81. The topological polar surface area (TPSA) is 38.3 Å². The summed E-state index contributed by atoms with van der Waals surface area (Å²) in [6, 6.07) is 0.339. The zero-order valence-electron chi connectivity index (χ0n) is 11.3. The molecule has 3 nitrogen and oxygen atoms in total. The van der Waals surface area contributed by atoms with E-state index in [0.29, 0.717) is 18.6 Å². The quantitative estimate of drug-likeness (QED) is 0.752. The van der Waals surface area contributed by atoms with E-state index < -0.39 is 0 Å². The van der Waals surface area contributed by atoms with Crippen LogP contribution in [-0.4, -0.2) is 24.2 Å². The van der Waals surface area contributed by atoms with E-state index in [1.54, 1.807) is 0 Å². The van der Waals surface area contributed by atoms with E-state index in [0.717, 1.165) is 38.0 Å². The Hall–Kier alpha value is -0.570. The summed E-state index contributed by atoms with van der Waals surface area (Å²) < 4.78 is 5.44. The molecule has 1 spiro atoms. The summed E-state index contributed by atoms with van der Waals surface area (Å²) >= 11 is 0. The largest absolute Gasteiger partial charge is 0.463 e. The van der Waals surface area contributed by atoms with Gasteiger partial charge >= 0.3 is 5.97 Å². The van der Waals surface area contributed by atoms with E-state index in [-0.39, 0.29) is 11.5 Å². The molecule has 0 amide bonds. The molecule has 0 bridgehead atoms. The first-order valence-corrected chi connectivity index (χ1v) is 7.02. The zero-order chi connectivity index (χ0) is 12.5. The second-order valence-corrected chi connectivity index (χ2v) is 6.00. The van der Waals surface area contributed by atoms with Gasteiger partial charge in [0.1, 0.15) is 12.1 Å². The molecule has 2 atom stereocenters. The van der Waals surface area contributed by atoms with Crippen molar-refractivity contribution in [1.82, 2.24) is 5.32 Å². The van der Waals surface area contributed by atoms with E-state index >= 15 is 0 Å². The molecule has 1 saturated heterocycles. The monoisotopic (exact) mass is 239 g/mol. The molecule has 2 fully saturated rings. The van der Waals surface area contributed by atoms with Crippen molar-refractivity contribution in [2.24, 2.45) is 11.8 Å². The molecule has 3 heteroatoms. The smallest absolute Gasteiger partial charge is 0.326 e. The molecule has 1 N–H and O–H groups in total. The maximum Gasteiger partial charge on any atom is 0.326 e. The van der Waals surface area contributed by atoms with Gasteiger partial charge in [-0.05, 0) is 37.5 Å². The minimum Gasteiger partial charge on any atom is -0.463 e.